The molecule has 0 aliphatic carbocycles. The molecule has 0 saturated heterocycles. The number of benzene rings is 2. The van der Waals surface area contributed by atoms with E-state index in [9.17, 15) is 23.3 Å². The number of nitrogens with zero attached hydrogens (tertiary/aromatic N) is 4. The topological polar surface area (TPSA) is 124 Å². The number of nitro benzene ring substituents is 1. The van der Waals surface area contributed by atoms with Gasteiger partial charge >= 0.3 is 0 Å². The molecule has 0 atom stereocenters. The van der Waals surface area contributed by atoms with E-state index in [2.05, 4.69) is 18.2 Å². The van der Waals surface area contributed by atoms with E-state index in [1.165, 1.54) is 60.0 Å². The number of amides is 1. The number of aryl methyl sites for hydroxylation is 1. The zero-order valence-electron chi connectivity index (χ0n) is 19.2. The van der Waals surface area contributed by atoms with E-state index in [4.69, 9.17) is 4.74 Å². The first-order valence-corrected chi connectivity index (χ1v) is 12.7. The lowest BCUT2D eigenvalue weighted by Gasteiger charge is -2.19. The number of carbonyl (C=O) groups excluding carboxylic acids is 1. The standard InChI is InChI=1S/C23H24N4O6S2/c1-5-12-25(13-6-2)35(31,32)18-10-8-16(9-11-18)22(28)24-23-26(7-3)21-19(33-4)14-17(27(29)30)15-20(21)34-23/h5-6,8-11,14-15H,1-2,7,12-13H2,3-4H3. The number of nitro groups is 1. The Balaban J connectivity index is 2.03. The first-order valence-electron chi connectivity index (χ1n) is 10.4. The Labute approximate surface area is 206 Å². The molecule has 0 aliphatic rings. The minimum atomic E-state index is -3.80. The van der Waals surface area contributed by atoms with Gasteiger partial charge in [-0.2, -0.15) is 9.30 Å². The average molecular weight is 517 g/mol. The Morgan fingerprint density at radius 1 is 1.23 bits per heavy atom. The summed E-state index contributed by atoms with van der Waals surface area (Å²) in [5, 5.41) is 11.3. The second kappa shape index (κ2) is 10.8. The van der Waals surface area contributed by atoms with Gasteiger partial charge in [0.05, 0.1) is 27.7 Å². The molecular weight excluding hydrogens is 492 g/mol. The average Bonchev–Trinajstić information content (AvgIpc) is 3.20. The number of rotatable bonds is 10. The van der Waals surface area contributed by atoms with Gasteiger partial charge in [0, 0.05) is 31.3 Å². The predicted molar refractivity (Wildman–Crippen MR) is 134 cm³/mol. The van der Waals surface area contributed by atoms with Crippen molar-refractivity contribution < 1.29 is 22.9 Å². The molecule has 1 heterocycles. The highest BCUT2D eigenvalue weighted by atomic mass is 32.2. The molecule has 0 aliphatic heterocycles. The van der Waals surface area contributed by atoms with Crippen LogP contribution in [0.4, 0.5) is 5.69 Å². The smallest absolute Gasteiger partial charge is 0.279 e. The number of sulfonamides is 1. The Hall–Kier alpha value is -3.61. The van der Waals surface area contributed by atoms with Crippen LogP contribution in [0.15, 0.2) is 71.6 Å². The number of fused-ring (bicyclic) bond motifs is 1. The first kappa shape index (κ1) is 26.0. The molecule has 1 amide bonds. The summed E-state index contributed by atoms with van der Waals surface area (Å²) in [4.78, 5) is 28.2. The molecule has 184 valence electrons. The quantitative estimate of drug-likeness (QED) is 0.230. The summed E-state index contributed by atoms with van der Waals surface area (Å²) in [6, 6.07) is 8.23. The molecule has 0 bridgehead atoms. The number of non-ortho nitro benzene ring substituents is 1. The minimum Gasteiger partial charge on any atom is -0.494 e. The second-order valence-electron chi connectivity index (χ2n) is 7.22. The van der Waals surface area contributed by atoms with Crippen LogP contribution < -0.4 is 9.54 Å². The molecule has 0 fully saturated rings. The highest BCUT2D eigenvalue weighted by Crippen LogP contribution is 2.32. The third-order valence-corrected chi connectivity index (χ3v) is 7.95. The van der Waals surface area contributed by atoms with Crippen LogP contribution in [0.5, 0.6) is 5.75 Å². The fourth-order valence-electron chi connectivity index (χ4n) is 3.43. The highest BCUT2D eigenvalue weighted by Gasteiger charge is 2.23. The maximum absolute atomic E-state index is 12.9. The van der Waals surface area contributed by atoms with Crippen LogP contribution in [0, 0.1) is 10.1 Å². The van der Waals surface area contributed by atoms with Crippen LogP contribution in [-0.2, 0) is 16.6 Å². The number of thiazole rings is 1. The van der Waals surface area contributed by atoms with Gasteiger partial charge in [0.15, 0.2) is 10.6 Å². The lowest BCUT2D eigenvalue weighted by atomic mass is 10.2. The number of aromatic nitrogens is 1. The summed E-state index contributed by atoms with van der Waals surface area (Å²) in [5.41, 5.74) is 0.666. The molecule has 35 heavy (non-hydrogen) atoms. The van der Waals surface area contributed by atoms with Gasteiger partial charge in [-0.15, -0.1) is 13.2 Å². The normalized spacial score (nSPS) is 12.1. The van der Waals surface area contributed by atoms with Crippen molar-refractivity contribution in [3.05, 3.63) is 82.2 Å². The van der Waals surface area contributed by atoms with Gasteiger partial charge in [0.25, 0.3) is 11.6 Å². The molecule has 12 heteroatoms. The van der Waals surface area contributed by atoms with Crippen LogP contribution >= 0.6 is 11.3 Å². The van der Waals surface area contributed by atoms with Crippen LogP contribution in [-0.4, -0.2) is 48.3 Å². The number of hydrogen-bond donors (Lipinski definition) is 0. The van der Waals surface area contributed by atoms with Crippen molar-refractivity contribution in [3.8, 4) is 5.75 Å². The summed E-state index contributed by atoms with van der Waals surface area (Å²) in [6.07, 6.45) is 2.96. The van der Waals surface area contributed by atoms with Crippen molar-refractivity contribution >= 4 is 43.2 Å². The van der Waals surface area contributed by atoms with Crippen LogP contribution in [0.25, 0.3) is 10.2 Å². The van der Waals surface area contributed by atoms with Gasteiger partial charge in [-0.1, -0.05) is 23.5 Å². The molecule has 3 aromatic rings. The highest BCUT2D eigenvalue weighted by molar-refractivity contribution is 7.89. The zero-order chi connectivity index (χ0) is 25.8. The third-order valence-electron chi connectivity index (χ3n) is 5.08. The van der Waals surface area contributed by atoms with E-state index in [0.717, 1.165) is 11.3 Å². The number of carbonyl (C=O) groups is 1. The molecule has 0 spiro atoms. The zero-order valence-corrected chi connectivity index (χ0v) is 20.8. The lowest BCUT2D eigenvalue weighted by molar-refractivity contribution is -0.384. The van der Waals surface area contributed by atoms with Crippen LogP contribution in [0.2, 0.25) is 0 Å². The van der Waals surface area contributed by atoms with E-state index in [0.29, 0.717) is 27.3 Å². The van der Waals surface area contributed by atoms with Gasteiger partial charge in [-0.3, -0.25) is 14.9 Å². The SMILES string of the molecule is C=CCN(CC=C)S(=O)(=O)c1ccc(C(=O)N=c2sc3cc([N+](=O)[O-])cc(OC)c3n2CC)cc1. The Kier molecular flexibility index (Phi) is 7.99. The summed E-state index contributed by atoms with van der Waals surface area (Å²) >= 11 is 1.12. The monoisotopic (exact) mass is 516 g/mol. The van der Waals surface area contributed by atoms with Gasteiger partial charge in [-0.05, 0) is 31.2 Å². The van der Waals surface area contributed by atoms with Gasteiger partial charge < -0.3 is 9.30 Å². The van der Waals surface area contributed by atoms with Gasteiger partial charge in [0.2, 0.25) is 10.0 Å². The number of methoxy groups -OCH3 is 1. The van der Waals surface area contributed by atoms with E-state index in [1.807, 2.05) is 6.92 Å². The fraction of sp³-hybridized carbons (Fsp3) is 0.217. The first-order chi connectivity index (χ1) is 16.7. The Bertz CT molecular complexity index is 1460. The minimum absolute atomic E-state index is 0.0280. The van der Waals surface area contributed by atoms with Crippen molar-refractivity contribution in [1.29, 1.82) is 0 Å². The van der Waals surface area contributed by atoms with Crippen molar-refractivity contribution in [3.63, 3.8) is 0 Å². The molecule has 0 saturated carbocycles. The predicted octanol–water partition coefficient (Wildman–Crippen LogP) is 3.74. The van der Waals surface area contributed by atoms with Crippen molar-refractivity contribution in [2.45, 2.75) is 18.4 Å². The molecule has 2 aromatic carbocycles. The maximum atomic E-state index is 12.9. The molecule has 1 aromatic heterocycles. The largest absolute Gasteiger partial charge is 0.494 e. The van der Waals surface area contributed by atoms with Crippen molar-refractivity contribution in [2.24, 2.45) is 4.99 Å². The maximum Gasteiger partial charge on any atom is 0.279 e. The summed E-state index contributed by atoms with van der Waals surface area (Å²) in [7, 11) is -2.38. The van der Waals surface area contributed by atoms with Crippen LogP contribution in [0.1, 0.15) is 17.3 Å². The lowest BCUT2D eigenvalue weighted by Crippen LogP contribution is -2.31. The van der Waals surface area contributed by atoms with E-state index < -0.39 is 20.9 Å². The molecule has 10 nitrogen and oxygen atoms in total. The summed E-state index contributed by atoms with van der Waals surface area (Å²) in [5.74, 6) is -0.274. The summed E-state index contributed by atoms with van der Waals surface area (Å²) < 4.78 is 34.6. The molecular formula is C23H24N4O6S2. The van der Waals surface area contributed by atoms with Gasteiger partial charge in [0.1, 0.15) is 5.52 Å². The Morgan fingerprint density at radius 2 is 1.86 bits per heavy atom. The van der Waals surface area contributed by atoms with E-state index in [-0.39, 0.29) is 29.2 Å². The number of hydrogen-bond acceptors (Lipinski definition) is 7. The van der Waals surface area contributed by atoms with Crippen molar-refractivity contribution in [2.75, 3.05) is 20.2 Å². The third kappa shape index (κ3) is 5.24. The van der Waals surface area contributed by atoms with E-state index >= 15 is 0 Å². The van der Waals surface area contributed by atoms with Crippen molar-refractivity contribution in [1.82, 2.24) is 8.87 Å². The van der Waals surface area contributed by atoms with Crippen LogP contribution in [0.3, 0.4) is 0 Å². The number of ether oxygens (including phenoxy) is 1. The second-order valence-corrected chi connectivity index (χ2v) is 10.2. The molecule has 0 radical (unpaired) electrons. The summed E-state index contributed by atoms with van der Waals surface area (Å²) in [6.45, 7) is 9.70. The molecule has 3 rings (SSSR count). The fourth-order valence-corrected chi connectivity index (χ4v) is 5.95. The van der Waals surface area contributed by atoms with Gasteiger partial charge in [-0.25, -0.2) is 8.42 Å². The molecule has 0 N–H and O–H groups in total. The molecule has 0 unspecified atom stereocenters. The van der Waals surface area contributed by atoms with E-state index in [1.54, 1.807) is 4.57 Å². The Morgan fingerprint density at radius 3 is 2.37 bits per heavy atom.